The van der Waals surface area contributed by atoms with E-state index in [1.807, 2.05) is 18.8 Å². The lowest BCUT2D eigenvalue weighted by Gasteiger charge is -2.18. The Morgan fingerprint density at radius 2 is 2.05 bits per heavy atom. The van der Waals surface area contributed by atoms with Crippen molar-refractivity contribution in [3.8, 4) is 0 Å². The highest BCUT2D eigenvalue weighted by molar-refractivity contribution is 9.10. The van der Waals surface area contributed by atoms with Crippen molar-refractivity contribution in [3.05, 3.63) is 50.4 Å². The predicted octanol–water partition coefficient (Wildman–Crippen LogP) is 3.16. The largest absolute Gasteiger partial charge is 0.319 e. The monoisotopic (exact) mass is 418 g/mol. The van der Waals surface area contributed by atoms with Crippen LogP contribution < -0.4 is 5.73 Å². The molecule has 0 bridgehead atoms. The van der Waals surface area contributed by atoms with E-state index in [1.165, 1.54) is 6.07 Å². The highest BCUT2D eigenvalue weighted by Crippen LogP contribution is 2.32. The van der Waals surface area contributed by atoms with Gasteiger partial charge in [0.15, 0.2) is 0 Å². The minimum absolute atomic E-state index is 0.330. The van der Waals surface area contributed by atoms with Gasteiger partial charge in [0.25, 0.3) is 0 Å². The molecule has 0 aliphatic heterocycles. The van der Waals surface area contributed by atoms with Crippen molar-refractivity contribution in [1.29, 1.82) is 0 Å². The van der Waals surface area contributed by atoms with Gasteiger partial charge in [0.05, 0.1) is 29.0 Å². The standard InChI is InChI=1S/C14H17Br2FN4/c1-20(2)6-7-21-14(10(16)8-19-21)13(18)12-9(15)4-3-5-11(12)17/h3-5,8,13H,6-7,18H2,1-2H3. The molecular formula is C14H17Br2FN4. The van der Waals surface area contributed by atoms with Gasteiger partial charge in [-0.25, -0.2) is 4.39 Å². The predicted molar refractivity (Wildman–Crippen MR) is 88.6 cm³/mol. The van der Waals surface area contributed by atoms with Crippen LogP contribution in [0.1, 0.15) is 17.3 Å². The van der Waals surface area contributed by atoms with Crippen molar-refractivity contribution in [3.63, 3.8) is 0 Å². The van der Waals surface area contributed by atoms with E-state index in [0.717, 1.165) is 16.7 Å². The fourth-order valence-electron chi connectivity index (χ4n) is 2.10. The topological polar surface area (TPSA) is 47.1 Å². The molecule has 0 saturated carbocycles. The van der Waals surface area contributed by atoms with E-state index in [1.54, 1.807) is 18.3 Å². The van der Waals surface area contributed by atoms with Crippen LogP contribution in [0.2, 0.25) is 0 Å². The molecule has 0 saturated heterocycles. The highest BCUT2D eigenvalue weighted by Gasteiger charge is 2.23. The molecular weight excluding hydrogens is 403 g/mol. The molecule has 1 unspecified atom stereocenters. The smallest absolute Gasteiger partial charge is 0.129 e. The van der Waals surface area contributed by atoms with Crippen molar-refractivity contribution in [2.45, 2.75) is 12.6 Å². The minimum Gasteiger partial charge on any atom is -0.319 e. The van der Waals surface area contributed by atoms with E-state index >= 15 is 0 Å². The molecule has 7 heteroatoms. The lowest BCUT2D eigenvalue weighted by atomic mass is 10.0. The van der Waals surface area contributed by atoms with E-state index in [9.17, 15) is 4.39 Å². The lowest BCUT2D eigenvalue weighted by Crippen LogP contribution is -2.24. The summed E-state index contributed by atoms with van der Waals surface area (Å²) >= 11 is 6.83. The van der Waals surface area contributed by atoms with Crippen LogP contribution in [0.3, 0.4) is 0 Å². The summed E-state index contributed by atoms with van der Waals surface area (Å²) in [6, 6.07) is 4.24. The van der Waals surface area contributed by atoms with Gasteiger partial charge in [0.1, 0.15) is 5.82 Å². The molecule has 1 aromatic carbocycles. The molecule has 1 heterocycles. The first-order valence-electron chi connectivity index (χ1n) is 6.47. The molecule has 0 aliphatic carbocycles. The third-order valence-corrected chi connectivity index (χ3v) is 4.50. The normalized spacial score (nSPS) is 12.9. The Morgan fingerprint density at radius 1 is 1.33 bits per heavy atom. The zero-order chi connectivity index (χ0) is 15.6. The molecule has 114 valence electrons. The summed E-state index contributed by atoms with van der Waals surface area (Å²) in [6.45, 7) is 1.51. The maximum Gasteiger partial charge on any atom is 0.129 e. The van der Waals surface area contributed by atoms with Crippen molar-refractivity contribution >= 4 is 31.9 Å². The molecule has 0 spiro atoms. The number of halogens is 3. The summed E-state index contributed by atoms with van der Waals surface area (Å²) in [5.41, 5.74) is 7.50. The Kier molecular flexibility index (Phi) is 5.54. The van der Waals surface area contributed by atoms with Crippen molar-refractivity contribution in [2.75, 3.05) is 20.6 Å². The van der Waals surface area contributed by atoms with Gasteiger partial charge in [0, 0.05) is 16.6 Å². The first-order valence-corrected chi connectivity index (χ1v) is 8.06. The summed E-state index contributed by atoms with van der Waals surface area (Å²) in [5, 5.41) is 4.32. The number of nitrogens with zero attached hydrogens (tertiary/aromatic N) is 3. The average molecular weight is 420 g/mol. The number of aromatic nitrogens is 2. The third kappa shape index (κ3) is 3.71. The molecule has 21 heavy (non-hydrogen) atoms. The van der Waals surface area contributed by atoms with Gasteiger partial charge in [-0.2, -0.15) is 5.10 Å². The maximum atomic E-state index is 14.1. The summed E-state index contributed by atoms with van der Waals surface area (Å²) in [4.78, 5) is 2.06. The second-order valence-electron chi connectivity index (χ2n) is 5.02. The molecule has 4 nitrogen and oxygen atoms in total. The number of nitrogens with two attached hydrogens (primary N) is 1. The van der Waals surface area contributed by atoms with Crippen LogP contribution in [0, 0.1) is 5.82 Å². The molecule has 0 radical (unpaired) electrons. The molecule has 1 aromatic heterocycles. The summed E-state index contributed by atoms with van der Waals surface area (Å²) < 4.78 is 17.4. The number of likely N-dealkylation sites (N-methyl/N-ethyl adjacent to an activating group) is 1. The van der Waals surface area contributed by atoms with Crippen LogP contribution in [0.4, 0.5) is 4.39 Å². The van der Waals surface area contributed by atoms with Gasteiger partial charge >= 0.3 is 0 Å². The summed E-state index contributed by atoms with van der Waals surface area (Å²) in [7, 11) is 3.98. The van der Waals surface area contributed by atoms with Gasteiger partial charge in [0.2, 0.25) is 0 Å². The van der Waals surface area contributed by atoms with E-state index in [0.29, 0.717) is 16.6 Å². The second kappa shape index (κ2) is 7.00. The number of hydrogen-bond donors (Lipinski definition) is 1. The molecule has 0 fully saturated rings. The van der Waals surface area contributed by atoms with Gasteiger partial charge in [-0.3, -0.25) is 4.68 Å². The van der Waals surface area contributed by atoms with Crippen LogP contribution >= 0.6 is 31.9 Å². The van der Waals surface area contributed by atoms with Crippen LogP contribution in [-0.2, 0) is 6.54 Å². The van der Waals surface area contributed by atoms with Crippen molar-refractivity contribution in [2.24, 2.45) is 5.73 Å². The Morgan fingerprint density at radius 3 is 2.67 bits per heavy atom. The highest BCUT2D eigenvalue weighted by atomic mass is 79.9. The van der Waals surface area contributed by atoms with E-state index in [4.69, 9.17) is 5.73 Å². The summed E-state index contributed by atoms with van der Waals surface area (Å²) in [5.74, 6) is -0.330. The zero-order valence-electron chi connectivity index (χ0n) is 11.9. The van der Waals surface area contributed by atoms with Gasteiger partial charge in [-0.15, -0.1) is 0 Å². The Balaban J connectivity index is 2.39. The van der Waals surface area contributed by atoms with E-state index < -0.39 is 6.04 Å². The SMILES string of the molecule is CN(C)CCn1ncc(Br)c1C(N)c1c(F)cccc1Br. The molecule has 2 aromatic rings. The van der Waals surface area contributed by atoms with E-state index in [2.05, 4.69) is 41.9 Å². The molecule has 2 N–H and O–H groups in total. The molecule has 0 aliphatic rings. The van der Waals surface area contributed by atoms with Gasteiger partial charge in [-0.05, 0) is 42.2 Å². The Bertz CT molecular complexity index is 607. The van der Waals surface area contributed by atoms with E-state index in [-0.39, 0.29) is 5.82 Å². The quantitative estimate of drug-likeness (QED) is 0.809. The fourth-order valence-corrected chi connectivity index (χ4v) is 3.23. The molecule has 0 amide bonds. The van der Waals surface area contributed by atoms with Crippen LogP contribution in [0.25, 0.3) is 0 Å². The Hall–Kier alpha value is -0.760. The Labute approximate surface area is 140 Å². The van der Waals surface area contributed by atoms with Crippen molar-refractivity contribution < 1.29 is 4.39 Å². The second-order valence-corrected chi connectivity index (χ2v) is 6.73. The fraction of sp³-hybridized carbons (Fsp3) is 0.357. The number of hydrogen-bond acceptors (Lipinski definition) is 3. The molecule has 2 rings (SSSR count). The number of rotatable bonds is 5. The first-order chi connectivity index (χ1) is 9.91. The van der Waals surface area contributed by atoms with Crippen LogP contribution in [0.5, 0.6) is 0 Å². The third-order valence-electron chi connectivity index (χ3n) is 3.20. The average Bonchev–Trinajstić information content (AvgIpc) is 2.77. The zero-order valence-corrected chi connectivity index (χ0v) is 15.0. The van der Waals surface area contributed by atoms with Gasteiger partial charge < -0.3 is 10.6 Å². The summed E-state index contributed by atoms with van der Waals surface area (Å²) in [6.07, 6.45) is 1.69. The lowest BCUT2D eigenvalue weighted by molar-refractivity contribution is 0.367. The molecule has 1 atom stereocenters. The first kappa shape index (κ1) is 16.6. The van der Waals surface area contributed by atoms with Crippen molar-refractivity contribution in [1.82, 2.24) is 14.7 Å². The minimum atomic E-state index is -0.598. The van der Waals surface area contributed by atoms with Gasteiger partial charge in [-0.1, -0.05) is 22.0 Å². The van der Waals surface area contributed by atoms with Crippen LogP contribution in [0.15, 0.2) is 33.3 Å². The number of benzene rings is 1. The maximum absolute atomic E-state index is 14.1. The van der Waals surface area contributed by atoms with Crippen LogP contribution in [-0.4, -0.2) is 35.3 Å².